The lowest BCUT2D eigenvalue weighted by molar-refractivity contribution is 0.0985. The van der Waals surface area contributed by atoms with Crippen LogP contribution in [0.25, 0.3) is 11.0 Å². The number of aromatic hydroxyl groups is 3. The van der Waals surface area contributed by atoms with Gasteiger partial charge in [0.1, 0.15) is 17.2 Å². The van der Waals surface area contributed by atoms with Crippen molar-refractivity contribution in [3.63, 3.8) is 0 Å². The molecular formula is C24H33ClN2O6. The van der Waals surface area contributed by atoms with E-state index in [1.807, 2.05) is 19.9 Å². The van der Waals surface area contributed by atoms with Gasteiger partial charge in [0.2, 0.25) is 0 Å². The van der Waals surface area contributed by atoms with E-state index in [0.717, 1.165) is 47.9 Å². The molecule has 0 spiro atoms. The summed E-state index contributed by atoms with van der Waals surface area (Å²) in [7, 11) is 0. The van der Waals surface area contributed by atoms with E-state index in [0.29, 0.717) is 29.7 Å². The Morgan fingerprint density at radius 1 is 1.00 bits per heavy atom. The summed E-state index contributed by atoms with van der Waals surface area (Å²) < 4.78 is 8.52. The number of Topliss-reactive ketones (excluding diaryl/α,β-unsaturated/α-hetero) is 1. The van der Waals surface area contributed by atoms with Gasteiger partial charge in [-0.05, 0) is 43.5 Å². The molecule has 9 heteroatoms. The molecule has 8 nitrogen and oxygen atoms in total. The van der Waals surface area contributed by atoms with Crippen LogP contribution in [0.2, 0.25) is 0 Å². The lowest BCUT2D eigenvalue weighted by Crippen LogP contribution is -1.99. The summed E-state index contributed by atoms with van der Waals surface area (Å²) in [6.45, 7) is 7.82. The molecular weight excluding hydrogens is 448 g/mol. The molecule has 0 bridgehead atoms. The van der Waals surface area contributed by atoms with E-state index in [9.17, 15) is 20.1 Å². The molecule has 33 heavy (non-hydrogen) atoms. The third-order valence-electron chi connectivity index (χ3n) is 5.01. The monoisotopic (exact) mass is 480 g/mol. The molecule has 0 saturated heterocycles. The highest BCUT2D eigenvalue weighted by Crippen LogP contribution is 2.32. The lowest BCUT2D eigenvalue weighted by Gasteiger charge is -2.09. The van der Waals surface area contributed by atoms with Crippen LogP contribution < -0.4 is 5.90 Å². The predicted molar refractivity (Wildman–Crippen MR) is 129 cm³/mol. The lowest BCUT2D eigenvalue weighted by atomic mass is 10.00. The van der Waals surface area contributed by atoms with Gasteiger partial charge in [-0.1, -0.05) is 45.7 Å². The number of nitrogens with zero attached hydrogens (tertiary/aromatic N) is 1. The number of halogens is 1. The first-order chi connectivity index (χ1) is 15.8. The summed E-state index contributed by atoms with van der Waals surface area (Å²) in [6, 6.07) is 6.53. The highest BCUT2D eigenvalue weighted by molar-refractivity contribution is 6.07. The zero-order chi connectivity index (χ0) is 25.0. The number of phenolic OH excluding ortho intramolecular Hbond substituents is 3. The van der Waals surface area contributed by atoms with Crippen molar-refractivity contribution >= 4 is 28.6 Å². The molecule has 0 unspecified atom stereocenters. The molecule has 5 N–H and O–H groups in total. The maximum Gasteiger partial charge on any atom is 0.174 e. The van der Waals surface area contributed by atoms with Gasteiger partial charge in [-0.2, -0.15) is 10.3 Å². The molecule has 0 aliphatic heterocycles. The maximum atomic E-state index is 11.5. The van der Waals surface area contributed by atoms with Crippen LogP contribution in [0.1, 0.15) is 74.1 Å². The number of benzene rings is 2. The number of aryl methyl sites for hydroxylation is 2. The fourth-order valence-corrected chi connectivity index (χ4v) is 3.38. The zero-order valence-electron chi connectivity index (χ0n) is 19.5. The molecule has 1 heterocycles. The third kappa shape index (κ3) is 7.35. The van der Waals surface area contributed by atoms with E-state index < -0.39 is 0 Å². The fraction of sp³-hybridized carbons (Fsp3) is 0.417. The highest BCUT2D eigenvalue weighted by atomic mass is 35.5. The van der Waals surface area contributed by atoms with Gasteiger partial charge in [0.05, 0.1) is 23.1 Å². The van der Waals surface area contributed by atoms with Gasteiger partial charge in [-0.3, -0.25) is 4.79 Å². The van der Waals surface area contributed by atoms with Gasteiger partial charge in [-0.15, -0.1) is 0 Å². The number of phenols is 3. The smallest absolute Gasteiger partial charge is 0.174 e. The molecule has 1 aromatic heterocycles. The molecule has 3 aromatic rings. The quantitative estimate of drug-likeness (QED) is 0.248. The Bertz CT molecular complexity index is 1040. The van der Waals surface area contributed by atoms with Crippen LogP contribution in [0.3, 0.4) is 0 Å². The van der Waals surface area contributed by atoms with Crippen molar-refractivity contribution in [2.75, 3.05) is 0 Å². The number of nitrogens with two attached hydrogens (primary N) is 1. The molecule has 0 saturated carbocycles. The van der Waals surface area contributed by atoms with Crippen LogP contribution >= 0.6 is 11.9 Å². The summed E-state index contributed by atoms with van der Waals surface area (Å²) in [5.41, 5.74) is 3.36. The number of ketones is 1. The molecule has 0 aliphatic carbocycles. The second-order valence-electron chi connectivity index (χ2n) is 7.25. The van der Waals surface area contributed by atoms with Gasteiger partial charge in [-0.25, -0.2) is 0 Å². The molecule has 0 atom stereocenters. The Morgan fingerprint density at radius 2 is 1.55 bits per heavy atom. The van der Waals surface area contributed by atoms with E-state index >= 15 is 0 Å². The van der Waals surface area contributed by atoms with Gasteiger partial charge >= 0.3 is 0 Å². The number of rotatable bonds is 7. The predicted octanol–water partition coefficient (Wildman–Crippen LogP) is 5.72. The Kier molecular flexibility index (Phi) is 12.3. The second-order valence-corrected chi connectivity index (χ2v) is 7.43. The SMILES string of the molecule is CCCc1c(O)ccc(C(=O)CC)c1O.CCCc1c(O)ccc2c(CC)noc12.NOCl. The minimum Gasteiger partial charge on any atom is -0.508 e. The maximum absolute atomic E-state index is 11.5. The number of hydrogen-bond acceptors (Lipinski definition) is 8. The van der Waals surface area contributed by atoms with Crippen LogP contribution in [-0.4, -0.2) is 26.3 Å². The van der Waals surface area contributed by atoms with Crippen molar-refractivity contribution in [3.05, 3.63) is 46.6 Å². The summed E-state index contributed by atoms with van der Waals surface area (Å²) in [5.74, 6) is 4.31. The standard InChI is InChI=1S/C12H15NO2.C12H16O3.ClH2NO/c1-3-5-9-11(14)7-6-8-10(4-2)13-15-12(8)9;1-3-5-8-11(14)7-6-9(12(8)15)10(13)4-2;1-3-2/h6-7,14H,3-5H2,1-2H3;6-7,14-15H,3-5H2,1-2H3;2H2. The minimum absolute atomic E-state index is 0.0574. The van der Waals surface area contributed by atoms with Gasteiger partial charge in [0, 0.05) is 22.9 Å². The van der Waals surface area contributed by atoms with E-state index in [2.05, 4.69) is 34.2 Å². The molecule has 0 amide bonds. The van der Waals surface area contributed by atoms with Gasteiger partial charge < -0.3 is 19.8 Å². The molecule has 0 radical (unpaired) electrons. The first kappa shape index (κ1) is 28.2. The normalized spacial score (nSPS) is 10.2. The summed E-state index contributed by atoms with van der Waals surface area (Å²) >= 11 is 4.28. The van der Waals surface area contributed by atoms with Crippen LogP contribution in [0.5, 0.6) is 17.2 Å². The van der Waals surface area contributed by atoms with Crippen LogP contribution in [0, 0.1) is 0 Å². The zero-order valence-corrected chi connectivity index (χ0v) is 20.3. The van der Waals surface area contributed by atoms with Crippen molar-refractivity contribution in [1.29, 1.82) is 0 Å². The first-order valence-electron chi connectivity index (χ1n) is 10.9. The van der Waals surface area contributed by atoms with Crippen molar-refractivity contribution in [2.24, 2.45) is 5.90 Å². The van der Waals surface area contributed by atoms with Crippen molar-refractivity contribution < 1.29 is 29.0 Å². The van der Waals surface area contributed by atoms with Crippen LogP contribution in [-0.2, 0) is 23.7 Å². The van der Waals surface area contributed by atoms with E-state index in [1.165, 1.54) is 12.1 Å². The Morgan fingerprint density at radius 3 is 2.09 bits per heavy atom. The number of carbonyl (C=O) groups is 1. The molecule has 2 aromatic carbocycles. The Labute approximate surface area is 199 Å². The van der Waals surface area contributed by atoms with Gasteiger partial charge in [0.15, 0.2) is 11.4 Å². The van der Waals surface area contributed by atoms with E-state index in [-0.39, 0.29) is 17.3 Å². The molecule has 0 fully saturated rings. The van der Waals surface area contributed by atoms with Crippen LogP contribution in [0.15, 0.2) is 28.8 Å². The third-order valence-corrected chi connectivity index (χ3v) is 5.01. The molecule has 182 valence electrons. The van der Waals surface area contributed by atoms with Crippen molar-refractivity contribution in [2.45, 2.75) is 66.2 Å². The number of fused-ring (bicyclic) bond motifs is 1. The van der Waals surface area contributed by atoms with Gasteiger partial charge in [0.25, 0.3) is 0 Å². The van der Waals surface area contributed by atoms with Crippen molar-refractivity contribution in [3.8, 4) is 17.2 Å². The van der Waals surface area contributed by atoms with Crippen LogP contribution in [0.4, 0.5) is 0 Å². The second kappa shape index (κ2) is 14.4. The largest absolute Gasteiger partial charge is 0.508 e. The summed E-state index contributed by atoms with van der Waals surface area (Å²) in [4.78, 5) is 11.5. The Hall–Kier alpha value is -2.81. The van der Waals surface area contributed by atoms with Crippen molar-refractivity contribution in [1.82, 2.24) is 5.16 Å². The highest BCUT2D eigenvalue weighted by Gasteiger charge is 2.16. The summed E-state index contributed by atoms with van der Waals surface area (Å²) in [6.07, 6.45) is 4.39. The summed E-state index contributed by atoms with van der Waals surface area (Å²) in [5, 5.41) is 34.1. The van der Waals surface area contributed by atoms with E-state index in [4.69, 9.17) is 4.52 Å². The average Bonchev–Trinajstić information content (AvgIpc) is 3.22. The topological polar surface area (TPSA) is 139 Å². The number of aromatic nitrogens is 1. The Balaban J connectivity index is 0.000000295. The number of hydrogen-bond donors (Lipinski definition) is 4. The molecule has 0 aliphatic rings. The minimum atomic E-state index is -0.107. The fourth-order valence-electron chi connectivity index (χ4n) is 3.38. The first-order valence-corrected chi connectivity index (χ1v) is 11.2. The molecule has 3 rings (SSSR count). The number of carbonyl (C=O) groups excluding carboxylic acids is 1. The van der Waals surface area contributed by atoms with E-state index in [1.54, 1.807) is 13.0 Å². The average molecular weight is 481 g/mol.